The molecular formula is C64H57IrN5O2-2. The van der Waals surface area contributed by atoms with Crippen molar-refractivity contribution in [3.05, 3.63) is 187 Å². The topological polar surface area (TPSA) is 82.8 Å². The molecule has 0 aliphatic carbocycles. The van der Waals surface area contributed by atoms with Crippen LogP contribution in [-0.4, -0.2) is 24.5 Å². The number of fused-ring (bicyclic) bond motifs is 9. The molecule has 0 amide bonds. The van der Waals surface area contributed by atoms with Crippen LogP contribution in [0.4, 0.5) is 0 Å². The standard InChI is InChI=1S/C49H41N4O2.C15H16N.Ir/c1-27(2)36-25-32(29-14-9-8-10-15-29)26-37(28(3)4)42(36)53-43-33-17-12-11-16-30(33)20-22-39(43)50-46(53)35-19-13-18-34-38-24-31-21-23-40-45(55-48(51-40)49(5,6)7)41(31)52-47(38)54-44(34)35;1-15(2,3)13-9-10-16-14(11-13)12-7-5-4-6-8-12;/h8-18,20-28H,1-7H3;4-7,9-11H,1-3H3;/q2*-1;. The van der Waals surface area contributed by atoms with Crippen molar-refractivity contribution in [3.63, 3.8) is 0 Å². The molecule has 7 nitrogen and oxygen atoms in total. The van der Waals surface area contributed by atoms with Gasteiger partial charge in [-0.2, -0.15) is 0 Å². The second-order valence-electron chi connectivity index (χ2n) is 21.4. The molecule has 1 radical (unpaired) electrons. The predicted octanol–water partition coefficient (Wildman–Crippen LogP) is 17.3. The molecule has 0 saturated heterocycles. The van der Waals surface area contributed by atoms with E-state index in [-0.39, 0.29) is 42.8 Å². The Morgan fingerprint density at radius 3 is 1.97 bits per heavy atom. The third-order valence-electron chi connectivity index (χ3n) is 13.5. The van der Waals surface area contributed by atoms with Crippen LogP contribution >= 0.6 is 0 Å². The summed E-state index contributed by atoms with van der Waals surface area (Å²) in [6, 6.07) is 57.6. The molecule has 7 aromatic carbocycles. The monoisotopic (exact) mass is 1120 g/mol. The first-order valence-electron chi connectivity index (χ1n) is 24.7. The van der Waals surface area contributed by atoms with Gasteiger partial charge in [0.1, 0.15) is 11.0 Å². The second kappa shape index (κ2) is 18.7. The Morgan fingerprint density at radius 2 is 1.26 bits per heavy atom. The van der Waals surface area contributed by atoms with E-state index in [0.29, 0.717) is 22.8 Å². The molecule has 12 rings (SSSR count). The minimum Gasteiger partial charge on any atom is -0.486 e. The van der Waals surface area contributed by atoms with Crippen molar-refractivity contribution in [2.45, 2.75) is 91.9 Å². The van der Waals surface area contributed by atoms with Gasteiger partial charge in [-0.25, -0.2) is 9.97 Å². The maximum Gasteiger partial charge on any atom is 0.216 e. The van der Waals surface area contributed by atoms with Crippen LogP contribution in [0.2, 0.25) is 0 Å². The van der Waals surface area contributed by atoms with E-state index in [2.05, 4.69) is 200 Å². The van der Waals surface area contributed by atoms with Crippen LogP contribution in [0, 0.1) is 12.1 Å². The molecule has 72 heavy (non-hydrogen) atoms. The molecule has 0 aliphatic heterocycles. The minimum atomic E-state index is -0.233. The van der Waals surface area contributed by atoms with E-state index < -0.39 is 0 Å². The Bertz CT molecular complexity index is 3930. The summed E-state index contributed by atoms with van der Waals surface area (Å²) in [4.78, 5) is 19.8. The number of rotatable bonds is 6. The maximum atomic E-state index is 6.82. The molecule has 361 valence electrons. The number of hydrogen-bond donors (Lipinski definition) is 0. The Hall–Kier alpha value is -7.25. The summed E-state index contributed by atoms with van der Waals surface area (Å²) in [6.07, 6.45) is 1.87. The van der Waals surface area contributed by atoms with Gasteiger partial charge in [0.15, 0.2) is 5.58 Å². The SMILES string of the molecule is CC(C)(C)c1ccnc(-c2[c-]cccc2)c1.CC(C)c1cc(-c2ccccc2)cc(C(C)C)c1-n1c(-c2[c-]ccc3c2oc2nc4c(ccc5nc(C(C)(C)C)oc54)cc23)nc2ccc3ccccc3c21.[Ir]. The zero-order valence-corrected chi connectivity index (χ0v) is 44.9. The van der Waals surface area contributed by atoms with Crippen LogP contribution < -0.4 is 0 Å². The van der Waals surface area contributed by atoms with E-state index in [4.69, 9.17) is 23.8 Å². The van der Waals surface area contributed by atoms with Crippen molar-refractivity contribution in [3.8, 4) is 39.5 Å². The fraction of sp³-hybridized carbons (Fsp3) is 0.219. The number of oxazole rings is 1. The van der Waals surface area contributed by atoms with E-state index in [1.165, 1.54) is 27.8 Å². The minimum absolute atomic E-state index is 0. The zero-order chi connectivity index (χ0) is 49.3. The number of furan rings is 1. The normalized spacial score (nSPS) is 12.2. The molecule has 0 fully saturated rings. The van der Waals surface area contributed by atoms with Crippen molar-refractivity contribution < 1.29 is 28.9 Å². The molecule has 5 aromatic heterocycles. The Balaban J connectivity index is 0.000000300. The zero-order valence-electron chi connectivity index (χ0n) is 42.5. The van der Waals surface area contributed by atoms with E-state index in [1.807, 2.05) is 42.6 Å². The molecule has 12 aromatic rings. The van der Waals surface area contributed by atoms with E-state index in [1.54, 1.807) is 0 Å². The van der Waals surface area contributed by atoms with Crippen LogP contribution in [-0.2, 0) is 30.9 Å². The Kier molecular flexibility index (Phi) is 12.6. The average molecular weight is 1120 g/mol. The Labute approximate surface area is 434 Å². The number of hydrogen-bond acceptors (Lipinski definition) is 6. The van der Waals surface area contributed by atoms with Crippen LogP contribution in [0.1, 0.15) is 104 Å². The predicted molar refractivity (Wildman–Crippen MR) is 293 cm³/mol. The van der Waals surface area contributed by atoms with Crippen molar-refractivity contribution in [1.29, 1.82) is 0 Å². The fourth-order valence-corrected chi connectivity index (χ4v) is 9.70. The van der Waals surface area contributed by atoms with E-state index >= 15 is 0 Å². The maximum absolute atomic E-state index is 6.82. The van der Waals surface area contributed by atoms with Gasteiger partial charge in [0, 0.05) is 53.6 Å². The summed E-state index contributed by atoms with van der Waals surface area (Å²) in [5.74, 6) is 1.92. The fourth-order valence-electron chi connectivity index (χ4n) is 9.70. The van der Waals surface area contributed by atoms with Crippen molar-refractivity contribution >= 4 is 65.9 Å². The van der Waals surface area contributed by atoms with Crippen LogP contribution in [0.25, 0.3) is 105 Å². The summed E-state index contributed by atoms with van der Waals surface area (Å²) in [5, 5.41) is 5.16. The van der Waals surface area contributed by atoms with Gasteiger partial charge in [-0.1, -0.05) is 153 Å². The Morgan fingerprint density at radius 1 is 0.556 bits per heavy atom. The number of benzene rings is 7. The van der Waals surface area contributed by atoms with Gasteiger partial charge in [0.05, 0.1) is 22.4 Å². The first-order chi connectivity index (χ1) is 34.1. The molecule has 0 N–H and O–H groups in total. The van der Waals surface area contributed by atoms with Gasteiger partial charge in [0.2, 0.25) is 11.6 Å². The first-order valence-corrected chi connectivity index (χ1v) is 24.7. The average Bonchev–Trinajstić information content (AvgIpc) is 4.10. The van der Waals surface area contributed by atoms with Crippen molar-refractivity contribution in [1.82, 2.24) is 24.5 Å². The van der Waals surface area contributed by atoms with Gasteiger partial charge in [-0.3, -0.25) is 4.98 Å². The molecule has 0 atom stereocenters. The third kappa shape index (κ3) is 8.71. The van der Waals surface area contributed by atoms with E-state index in [9.17, 15) is 0 Å². The molecule has 0 unspecified atom stereocenters. The number of nitrogens with zero attached hydrogens (tertiary/aromatic N) is 5. The molecule has 0 spiro atoms. The summed E-state index contributed by atoms with van der Waals surface area (Å²) in [7, 11) is 0. The largest absolute Gasteiger partial charge is 0.486 e. The second-order valence-corrected chi connectivity index (χ2v) is 21.4. The van der Waals surface area contributed by atoms with Crippen molar-refractivity contribution in [2.24, 2.45) is 0 Å². The molecule has 0 bridgehead atoms. The summed E-state index contributed by atoms with van der Waals surface area (Å²) >= 11 is 0. The number of imidazole rings is 1. The van der Waals surface area contributed by atoms with Crippen molar-refractivity contribution in [2.75, 3.05) is 0 Å². The summed E-state index contributed by atoms with van der Waals surface area (Å²) < 4.78 is 15.6. The van der Waals surface area contributed by atoms with Crippen LogP contribution in [0.3, 0.4) is 0 Å². The first kappa shape index (κ1) is 48.4. The molecule has 0 aliphatic rings. The van der Waals surface area contributed by atoms with Gasteiger partial charge in [-0.15, -0.1) is 54.1 Å². The number of aromatic nitrogens is 5. The third-order valence-corrected chi connectivity index (χ3v) is 13.5. The van der Waals surface area contributed by atoms with E-state index in [0.717, 1.165) is 77.3 Å². The van der Waals surface area contributed by atoms with Gasteiger partial charge < -0.3 is 18.4 Å². The molecule has 5 heterocycles. The smallest absolute Gasteiger partial charge is 0.216 e. The molecular weight excluding hydrogens is 1060 g/mol. The van der Waals surface area contributed by atoms with Crippen LogP contribution in [0.15, 0.2) is 161 Å². The van der Waals surface area contributed by atoms with Gasteiger partial charge >= 0.3 is 0 Å². The quantitative estimate of drug-likeness (QED) is 0.154. The summed E-state index contributed by atoms with van der Waals surface area (Å²) in [6.45, 7) is 22.1. The molecule has 8 heteroatoms. The van der Waals surface area contributed by atoms with Gasteiger partial charge in [-0.05, 0) is 92.5 Å². The van der Waals surface area contributed by atoms with Gasteiger partial charge in [0.25, 0.3) is 0 Å². The summed E-state index contributed by atoms with van der Waals surface area (Å²) in [5.41, 5.74) is 15.6. The van der Waals surface area contributed by atoms with Crippen LogP contribution in [0.5, 0.6) is 0 Å². The molecule has 0 saturated carbocycles. The number of pyridine rings is 2.